The SMILES string of the molecule is CC(C)Oc1ccc(C2CNCC(CC(C)(C)C)O2)cc1. The molecule has 0 amide bonds. The van der Waals surface area contributed by atoms with Crippen LogP contribution in [-0.4, -0.2) is 25.3 Å². The molecule has 1 aromatic carbocycles. The van der Waals surface area contributed by atoms with Crippen molar-refractivity contribution in [2.24, 2.45) is 5.41 Å². The molecule has 1 saturated heterocycles. The molecule has 2 rings (SSSR count). The molecule has 1 N–H and O–H groups in total. The molecule has 1 aromatic rings. The molecular formula is C18H29NO2. The molecular weight excluding hydrogens is 262 g/mol. The van der Waals surface area contributed by atoms with Crippen molar-refractivity contribution in [1.82, 2.24) is 5.32 Å². The summed E-state index contributed by atoms with van der Waals surface area (Å²) in [5.41, 5.74) is 1.51. The standard InChI is InChI=1S/C18H29NO2/c1-13(2)20-15-8-6-14(7-9-15)17-12-19-11-16(21-17)10-18(3,4)5/h6-9,13,16-17,19H,10-12H2,1-5H3. The maximum absolute atomic E-state index is 6.27. The second-order valence-corrected chi connectivity index (χ2v) is 7.41. The molecule has 0 aromatic heterocycles. The normalized spacial score (nSPS) is 23.3. The Kier molecular flexibility index (Phi) is 5.28. The first-order chi connectivity index (χ1) is 9.83. The van der Waals surface area contributed by atoms with Gasteiger partial charge in [-0.2, -0.15) is 0 Å². The van der Waals surface area contributed by atoms with Crippen LogP contribution in [0.1, 0.15) is 52.7 Å². The Hall–Kier alpha value is -1.06. The minimum absolute atomic E-state index is 0.138. The Morgan fingerprint density at radius 3 is 2.43 bits per heavy atom. The Morgan fingerprint density at radius 2 is 1.86 bits per heavy atom. The van der Waals surface area contributed by atoms with E-state index in [1.54, 1.807) is 0 Å². The average molecular weight is 291 g/mol. The fraction of sp³-hybridized carbons (Fsp3) is 0.667. The van der Waals surface area contributed by atoms with Crippen molar-refractivity contribution in [1.29, 1.82) is 0 Å². The lowest BCUT2D eigenvalue weighted by Gasteiger charge is -2.34. The third-order valence-electron chi connectivity index (χ3n) is 3.52. The van der Waals surface area contributed by atoms with E-state index in [9.17, 15) is 0 Å². The van der Waals surface area contributed by atoms with Gasteiger partial charge in [-0.15, -0.1) is 0 Å². The van der Waals surface area contributed by atoms with Gasteiger partial charge in [0.15, 0.2) is 0 Å². The minimum Gasteiger partial charge on any atom is -0.491 e. The highest BCUT2D eigenvalue weighted by molar-refractivity contribution is 5.29. The highest BCUT2D eigenvalue weighted by Gasteiger charge is 2.27. The van der Waals surface area contributed by atoms with Gasteiger partial charge in [0, 0.05) is 13.1 Å². The van der Waals surface area contributed by atoms with Gasteiger partial charge in [0.2, 0.25) is 0 Å². The quantitative estimate of drug-likeness (QED) is 0.911. The van der Waals surface area contributed by atoms with Crippen LogP contribution in [0.4, 0.5) is 0 Å². The predicted octanol–water partition coefficient (Wildman–Crippen LogP) is 3.94. The minimum atomic E-state index is 0.138. The number of hydrogen-bond acceptors (Lipinski definition) is 3. The second kappa shape index (κ2) is 6.80. The molecule has 1 aliphatic rings. The van der Waals surface area contributed by atoms with Crippen molar-refractivity contribution in [3.05, 3.63) is 29.8 Å². The number of benzene rings is 1. The van der Waals surface area contributed by atoms with Crippen molar-refractivity contribution in [2.45, 2.75) is 59.4 Å². The van der Waals surface area contributed by atoms with Crippen LogP contribution in [-0.2, 0) is 4.74 Å². The smallest absolute Gasteiger partial charge is 0.119 e. The van der Waals surface area contributed by atoms with E-state index in [-0.39, 0.29) is 18.3 Å². The molecule has 21 heavy (non-hydrogen) atoms. The average Bonchev–Trinajstić information content (AvgIpc) is 2.37. The van der Waals surface area contributed by atoms with E-state index < -0.39 is 0 Å². The third-order valence-corrected chi connectivity index (χ3v) is 3.52. The van der Waals surface area contributed by atoms with Gasteiger partial charge in [-0.1, -0.05) is 32.9 Å². The fourth-order valence-corrected chi connectivity index (χ4v) is 2.74. The zero-order valence-electron chi connectivity index (χ0n) is 14.0. The summed E-state index contributed by atoms with van der Waals surface area (Å²) in [6, 6.07) is 8.30. The Balaban J connectivity index is 1.97. The summed E-state index contributed by atoms with van der Waals surface area (Å²) in [7, 11) is 0. The van der Waals surface area contributed by atoms with E-state index in [0.29, 0.717) is 5.41 Å². The van der Waals surface area contributed by atoms with Gasteiger partial charge < -0.3 is 14.8 Å². The zero-order chi connectivity index (χ0) is 15.5. The van der Waals surface area contributed by atoms with Crippen LogP contribution in [0.15, 0.2) is 24.3 Å². The third kappa shape index (κ3) is 5.33. The molecule has 118 valence electrons. The summed E-state index contributed by atoms with van der Waals surface area (Å²) in [5, 5.41) is 3.50. The number of hydrogen-bond donors (Lipinski definition) is 1. The molecule has 2 atom stereocenters. The Morgan fingerprint density at radius 1 is 1.19 bits per heavy atom. The first-order valence-electron chi connectivity index (χ1n) is 7.96. The van der Waals surface area contributed by atoms with Gasteiger partial charge in [-0.05, 0) is 43.4 Å². The van der Waals surface area contributed by atoms with E-state index in [4.69, 9.17) is 9.47 Å². The van der Waals surface area contributed by atoms with Crippen LogP contribution in [0.2, 0.25) is 0 Å². The van der Waals surface area contributed by atoms with Gasteiger partial charge in [0.05, 0.1) is 18.3 Å². The monoisotopic (exact) mass is 291 g/mol. The lowest BCUT2D eigenvalue weighted by Crippen LogP contribution is -2.42. The van der Waals surface area contributed by atoms with E-state index >= 15 is 0 Å². The lowest BCUT2D eigenvalue weighted by atomic mass is 9.88. The molecule has 1 fully saturated rings. The summed E-state index contributed by atoms with van der Waals surface area (Å²) in [6.07, 6.45) is 1.71. The Bertz CT molecular complexity index is 434. The number of morpholine rings is 1. The maximum Gasteiger partial charge on any atom is 0.119 e. The Labute approximate surface area is 129 Å². The molecule has 0 saturated carbocycles. The molecule has 3 heteroatoms. The van der Waals surface area contributed by atoms with Crippen LogP contribution >= 0.6 is 0 Å². The predicted molar refractivity (Wildman–Crippen MR) is 86.8 cm³/mol. The highest BCUT2D eigenvalue weighted by atomic mass is 16.5. The zero-order valence-corrected chi connectivity index (χ0v) is 14.0. The molecule has 0 bridgehead atoms. The van der Waals surface area contributed by atoms with Crippen LogP contribution in [0.5, 0.6) is 5.75 Å². The number of nitrogens with one attached hydrogen (secondary N) is 1. The van der Waals surface area contributed by atoms with Crippen molar-refractivity contribution >= 4 is 0 Å². The molecule has 1 aliphatic heterocycles. The largest absolute Gasteiger partial charge is 0.491 e. The summed E-state index contributed by atoms with van der Waals surface area (Å²) in [6.45, 7) is 12.7. The maximum atomic E-state index is 6.27. The van der Waals surface area contributed by atoms with E-state index in [1.165, 1.54) is 5.56 Å². The van der Waals surface area contributed by atoms with Gasteiger partial charge in [-0.3, -0.25) is 0 Å². The second-order valence-electron chi connectivity index (χ2n) is 7.41. The number of ether oxygens (including phenoxy) is 2. The molecule has 0 spiro atoms. The van der Waals surface area contributed by atoms with Crippen molar-refractivity contribution < 1.29 is 9.47 Å². The molecule has 1 heterocycles. The summed E-state index contributed by atoms with van der Waals surface area (Å²) >= 11 is 0. The fourth-order valence-electron chi connectivity index (χ4n) is 2.74. The van der Waals surface area contributed by atoms with Crippen LogP contribution in [0, 0.1) is 5.41 Å². The highest BCUT2D eigenvalue weighted by Crippen LogP contribution is 2.29. The van der Waals surface area contributed by atoms with E-state index in [1.807, 2.05) is 26.0 Å². The first kappa shape index (κ1) is 16.3. The van der Waals surface area contributed by atoms with E-state index in [2.05, 4.69) is 38.2 Å². The van der Waals surface area contributed by atoms with Crippen molar-refractivity contribution in [2.75, 3.05) is 13.1 Å². The van der Waals surface area contributed by atoms with Gasteiger partial charge in [-0.25, -0.2) is 0 Å². The molecule has 0 aliphatic carbocycles. The topological polar surface area (TPSA) is 30.5 Å². The van der Waals surface area contributed by atoms with Crippen molar-refractivity contribution in [3.8, 4) is 5.75 Å². The molecule has 2 unspecified atom stereocenters. The molecule has 0 radical (unpaired) electrons. The summed E-state index contributed by atoms with van der Waals surface area (Å²) in [5.74, 6) is 0.920. The van der Waals surface area contributed by atoms with Crippen LogP contribution < -0.4 is 10.1 Å². The van der Waals surface area contributed by atoms with E-state index in [0.717, 1.165) is 25.3 Å². The number of rotatable bonds is 4. The first-order valence-corrected chi connectivity index (χ1v) is 7.96. The van der Waals surface area contributed by atoms with Crippen molar-refractivity contribution in [3.63, 3.8) is 0 Å². The van der Waals surface area contributed by atoms with Gasteiger partial charge in [0.25, 0.3) is 0 Å². The van der Waals surface area contributed by atoms with Crippen LogP contribution in [0.25, 0.3) is 0 Å². The summed E-state index contributed by atoms with van der Waals surface area (Å²) < 4.78 is 12.0. The summed E-state index contributed by atoms with van der Waals surface area (Å²) in [4.78, 5) is 0. The lowest BCUT2D eigenvalue weighted by molar-refractivity contribution is -0.0552. The van der Waals surface area contributed by atoms with Gasteiger partial charge in [0.1, 0.15) is 5.75 Å². The van der Waals surface area contributed by atoms with Crippen LogP contribution in [0.3, 0.4) is 0 Å². The van der Waals surface area contributed by atoms with Gasteiger partial charge >= 0.3 is 0 Å². The molecule has 3 nitrogen and oxygen atoms in total.